The predicted molar refractivity (Wildman–Crippen MR) is 108 cm³/mol. The van der Waals surface area contributed by atoms with E-state index in [0.29, 0.717) is 21.8 Å². The number of methoxy groups -OCH3 is 1. The van der Waals surface area contributed by atoms with Crippen molar-refractivity contribution in [2.45, 2.75) is 10.9 Å². The van der Waals surface area contributed by atoms with Crippen LogP contribution in [0.2, 0.25) is 5.02 Å². The first-order valence-corrected chi connectivity index (χ1v) is 9.53. The molecule has 6 nitrogen and oxygen atoms in total. The third kappa shape index (κ3) is 3.43. The van der Waals surface area contributed by atoms with Crippen LogP contribution in [-0.2, 0) is 5.75 Å². The lowest BCUT2D eigenvalue weighted by molar-refractivity contribution is 0.415. The molecule has 0 spiro atoms. The van der Waals surface area contributed by atoms with E-state index in [1.807, 2.05) is 48.5 Å². The maximum atomic E-state index is 6.26. The summed E-state index contributed by atoms with van der Waals surface area (Å²) in [7, 11) is 1.63. The molecule has 0 aliphatic carbocycles. The Morgan fingerprint density at radius 1 is 1.11 bits per heavy atom. The van der Waals surface area contributed by atoms with Crippen molar-refractivity contribution in [3.8, 4) is 17.1 Å². The zero-order valence-corrected chi connectivity index (χ0v) is 16.0. The van der Waals surface area contributed by atoms with E-state index in [0.717, 1.165) is 27.8 Å². The van der Waals surface area contributed by atoms with Gasteiger partial charge in [-0.15, -0.1) is 10.2 Å². The first-order valence-electron chi connectivity index (χ1n) is 8.17. The lowest BCUT2D eigenvalue weighted by Crippen LogP contribution is -2.11. The quantitative estimate of drug-likeness (QED) is 0.402. The first-order chi connectivity index (χ1) is 13.2. The van der Waals surface area contributed by atoms with Crippen LogP contribution < -0.4 is 10.6 Å². The smallest absolute Gasteiger partial charge is 0.210 e. The number of aromatic nitrogens is 4. The van der Waals surface area contributed by atoms with Crippen LogP contribution in [0.4, 0.5) is 0 Å². The molecule has 136 valence electrons. The Morgan fingerprint density at radius 3 is 2.70 bits per heavy atom. The van der Waals surface area contributed by atoms with E-state index >= 15 is 0 Å². The Kier molecular flexibility index (Phi) is 4.87. The van der Waals surface area contributed by atoms with E-state index in [1.54, 1.807) is 13.3 Å². The van der Waals surface area contributed by atoms with Gasteiger partial charge in [-0.05, 0) is 48.0 Å². The third-order valence-electron chi connectivity index (χ3n) is 4.17. The fourth-order valence-corrected chi connectivity index (χ4v) is 3.82. The first kappa shape index (κ1) is 17.6. The van der Waals surface area contributed by atoms with Crippen LogP contribution in [0.3, 0.4) is 0 Å². The normalized spacial score (nSPS) is 11.0. The Morgan fingerprint density at radius 2 is 1.93 bits per heavy atom. The monoisotopic (exact) mass is 397 g/mol. The van der Waals surface area contributed by atoms with E-state index in [2.05, 4.69) is 15.2 Å². The van der Waals surface area contributed by atoms with Crippen LogP contribution in [0.1, 0.15) is 5.56 Å². The van der Waals surface area contributed by atoms with Crippen LogP contribution >= 0.6 is 23.4 Å². The second-order valence-corrected chi connectivity index (χ2v) is 7.15. The van der Waals surface area contributed by atoms with Crippen molar-refractivity contribution in [2.75, 3.05) is 13.0 Å². The van der Waals surface area contributed by atoms with Gasteiger partial charge in [0.15, 0.2) is 5.82 Å². The largest absolute Gasteiger partial charge is 0.497 e. The van der Waals surface area contributed by atoms with E-state index in [4.69, 9.17) is 22.2 Å². The third-order valence-corrected chi connectivity index (χ3v) is 5.49. The fraction of sp³-hybridized carbons (Fsp3) is 0.105. The number of thioether (sulfide) groups is 1. The molecular weight excluding hydrogens is 382 g/mol. The summed E-state index contributed by atoms with van der Waals surface area (Å²) in [5.41, 5.74) is 2.82. The van der Waals surface area contributed by atoms with Crippen molar-refractivity contribution in [3.63, 3.8) is 0 Å². The molecule has 0 aliphatic heterocycles. The van der Waals surface area contributed by atoms with Crippen molar-refractivity contribution in [3.05, 3.63) is 65.3 Å². The van der Waals surface area contributed by atoms with Gasteiger partial charge < -0.3 is 10.6 Å². The van der Waals surface area contributed by atoms with Gasteiger partial charge in [0.05, 0.1) is 12.6 Å². The Bertz CT molecular complexity index is 1100. The molecule has 2 heterocycles. The summed E-state index contributed by atoms with van der Waals surface area (Å²) >= 11 is 7.76. The Balaban J connectivity index is 1.58. The number of hydrogen-bond acceptors (Lipinski definition) is 6. The van der Waals surface area contributed by atoms with Gasteiger partial charge in [0, 0.05) is 27.9 Å². The number of halogens is 1. The molecule has 0 aliphatic rings. The average molecular weight is 398 g/mol. The molecule has 0 saturated carbocycles. The van der Waals surface area contributed by atoms with Crippen molar-refractivity contribution < 1.29 is 4.74 Å². The summed E-state index contributed by atoms with van der Waals surface area (Å²) in [6.07, 6.45) is 1.76. The minimum Gasteiger partial charge on any atom is -0.497 e. The molecule has 2 N–H and O–H groups in total. The van der Waals surface area contributed by atoms with Gasteiger partial charge in [-0.2, -0.15) is 0 Å². The molecule has 27 heavy (non-hydrogen) atoms. The van der Waals surface area contributed by atoms with Crippen molar-refractivity contribution in [1.82, 2.24) is 19.9 Å². The maximum absolute atomic E-state index is 6.26. The zero-order valence-electron chi connectivity index (χ0n) is 14.5. The number of nitrogens with zero attached hydrogens (tertiary/aromatic N) is 4. The second-order valence-electron chi connectivity index (χ2n) is 5.80. The lowest BCUT2D eigenvalue weighted by atomic mass is 10.1. The second kappa shape index (κ2) is 7.46. The molecule has 0 radical (unpaired) electrons. The molecule has 8 heteroatoms. The van der Waals surface area contributed by atoms with Crippen LogP contribution in [-0.4, -0.2) is 27.0 Å². The molecule has 0 fully saturated rings. The van der Waals surface area contributed by atoms with Crippen LogP contribution in [0.15, 0.2) is 59.9 Å². The molecule has 4 aromatic rings. The number of ether oxygens (including phenoxy) is 1. The number of hydrogen-bond donors (Lipinski definition) is 1. The minimum atomic E-state index is 0.597. The highest BCUT2D eigenvalue weighted by atomic mass is 35.5. The summed E-state index contributed by atoms with van der Waals surface area (Å²) < 4.78 is 6.68. The van der Waals surface area contributed by atoms with E-state index in [-0.39, 0.29) is 0 Å². The number of nitrogen functional groups attached to an aromatic ring is 1. The highest BCUT2D eigenvalue weighted by Gasteiger charge is 2.14. The number of benzene rings is 2. The molecule has 2 aromatic heterocycles. The van der Waals surface area contributed by atoms with E-state index in [9.17, 15) is 0 Å². The van der Waals surface area contributed by atoms with Gasteiger partial charge in [0.2, 0.25) is 5.16 Å². The minimum absolute atomic E-state index is 0.597. The molecular formula is C19H16ClN5OS. The molecule has 2 aromatic carbocycles. The van der Waals surface area contributed by atoms with Crippen molar-refractivity contribution in [2.24, 2.45) is 0 Å². The van der Waals surface area contributed by atoms with E-state index < -0.39 is 0 Å². The molecule has 0 unspecified atom stereocenters. The van der Waals surface area contributed by atoms with Gasteiger partial charge in [-0.25, -0.2) is 4.68 Å². The number of fused-ring (bicyclic) bond motifs is 1. The maximum Gasteiger partial charge on any atom is 0.210 e. The highest BCUT2D eigenvalue weighted by Crippen LogP contribution is 2.30. The lowest BCUT2D eigenvalue weighted by Gasteiger charge is -2.07. The standard InChI is InChI=1S/C19H16ClN5OS/c1-26-14-7-4-12(5-8-14)18-23-24-19(25(18)21)27-11-13-6-9-16(20)15-3-2-10-22-17(13)15/h2-10H,11,21H2,1H3. The molecule has 4 rings (SSSR count). The topological polar surface area (TPSA) is 78.9 Å². The average Bonchev–Trinajstić information content (AvgIpc) is 3.08. The van der Waals surface area contributed by atoms with Crippen LogP contribution in [0.25, 0.3) is 22.3 Å². The summed E-state index contributed by atoms with van der Waals surface area (Å²) in [4.78, 5) is 4.46. The zero-order chi connectivity index (χ0) is 18.8. The van der Waals surface area contributed by atoms with E-state index in [1.165, 1.54) is 16.4 Å². The fourth-order valence-electron chi connectivity index (χ4n) is 2.77. The summed E-state index contributed by atoms with van der Waals surface area (Å²) in [6.45, 7) is 0. The number of pyridine rings is 1. The van der Waals surface area contributed by atoms with Crippen LogP contribution in [0, 0.1) is 0 Å². The van der Waals surface area contributed by atoms with Crippen molar-refractivity contribution >= 4 is 34.3 Å². The Labute approximate surface area is 165 Å². The highest BCUT2D eigenvalue weighted by molar-refractivity contribution is 7.98. The van der Waals surface area contributed by atoms with Gasteiger partial charge >= 0.3 is 0 Å². The van der Waals surface area contributed by atoms with Gasteiger partial charge in [-0.1, -0.05) is 29.4 Å². The van der Waals surface area contributed by atoms with Gasteiger partial charge in [0.1, 0.15) is 5.75 Å². The molecule has 0 saturated heterocycles. The van der Waals surface area contributed by atoms with Crippen LogP contribution in [0.5, 0.6) is 5.75 Å². The summed E-state index contributed by atoms with van der Waals surface area (Å²) in [6, 6.07) is 15.2. The summed E-state index contributed by atoms with van der Waals surface area (Å²) in [5.74, 6) is 8.24. The van der Waals surface area contributed by atoms with Gasteiger partial charge in [-0.3, -0.25) is 4.98 Å². The predicted octanol–water partition coefficient (Wildman–Crippen LogP) is 4.16. The summed E-state index contributed by atoms with van der Waals surface area (Å²) in [5, 5.41) is 10.7. The number of rotatable bonds is 5. The van der Waals surface area contributed by atoms with Gasteiger partial charge in [0.25, 0.3) is 0 Å². The number of nitrogens with two attached hydrogens (primary N) is 1. The van der Waals surface area contributed by atoms with Crippen molar-refractivity contribution in [1.29, 1.82) is 0 Å². The molecule has 0 bridgehead atoms. The SMILES string of the molecule is COc1ccc(-c2nnc(SCc3ccc(Cl)c4cccnc34)n2N)cc1. The molecule has 0 atom stereocenters. The Hall–Kier alpha value is -2.77. The molecule has 0 amide bonds.